The van der Waals surface area contributed by atoms with E-state index in [1.807, 2.05) is 32.9 Å². The molecule has 2 heterocycles. The van der Waals surface area contributed by atoms with Gasteiger partial charge in [-0.2, -0.15) is 4.31 Å². The van der Waals surface area contributed by atoms with E-state index in [0.717, 1.165) is 10.9 Å². The maximum atomic E-state index is 13.4. The van der Waals surface area contributed by atoms with Crippen molar-refractivity contribution in [2.75, 3.05) is 39.4 Å². The van der Waals surface area contributed by atoms with Gasteiger partial charge in [-0.3, -0.25) is 9.78 Å². The van der Waals surface area contributed by atoms with Crippen molar-refractivity contribution in [2.45, 2.75) is 25.7 Å². The highest BCUT2D eigenvalue weighted by Gasteiger charge is 2.32. The van der Waals surface area contributed by atoms with Gasteiger partial charge in [-0.05, 0) is 56.7 Å². The van der Waals surface area contributed by atoms with Crippen LogP contribution >= 0.6 is 0 Å². The maximum absolute atomic E-state index is 13.4. The number of rotatable bonds is 7. The van der Waals surface area contributed by atoms with Gasteiger partial charge in [0, 0.05) is 43.3 Å². The molecule has 1 amide bonds. The van der Waals surface area contributed by atoms with Crippen molar-refractivity contribution >= 4 is 26.8 Å². The molecular formula is C25H29N3O5S. The van der Waals surface area contributed by atoms with Gasteiger partial charge < -0.3 is 14.4 Å². The SMILES string of the molecule is CCOc1ccc(C(=O)N2CCN(S(=O)(=O)c3cccc4cc(C)cnc34)CC2)cc1OCC. The van der Waals surface area contributed by atoms with Crippen molar-refractivity contribution < 1.29 is 22.7 Å². The van der Waals surface area contributed by atoms with Crippen LogP contribution in [-0.2, 0) is 10.0 Å². The first kappa shape index (κ1) is 24.0. The molecule has 34 heavy (non-hydrogen) atoms. The second-order valence-corrected chi connectivity index (χ2v) is 9.97. The first-order valence-electron chi connectivity index (χ1n) is 11.4. The third kappa shape index (κ3) is 4.71. The molecular weight excluding hydrogens is 454 g/mol. The molecule has 1 aromatic heterocycles. The maximum Gasteiger partial charge on any atom is 0.254 e. The molecule has 1 aliphatic rings. The van der Waals surface area contributed by atoms with Crippen molar-refractivity contribution in [3.63, 3.8) is 0 Å². The van der Waals surface area contributed by atoms with Crippen molar-refractivity contribution in [1.82, 2.24) is 14.2 Å². The fourth-order valence-corrected chi connectivity index (χ4v) is 5.68. The first-order valence-corrected chi connectivity index (χ1v) is 12.8. The van der Waals surface area contributed by atoms with Gasteiger partial charge in [-0.15, -0.1) is 0 Å². The van der Waals surface area contributed by atoms with Gasteiger partial charge in [0.05, 0.1) is 18.7 Å². The largest absolute Gasteiger partial charge is 0.490 e. The van der Waals surface area contributed by atoms with Crippen LogP contribution in [0.3, 0.4) is 0 Å². The average Bonchev–Trinajstić information content (AvgIpc) is 2.84. The van der Waals surface area contributed by atoms with E-state index in [1.165, 1.54) is 4.31 Å². The summed E-state index contributed by atoms with van der Waals surface area (Å²) < 4.78 is 39.4. The van der Waals surface area contributed by atoms with Crippen molar-refractivity contribution in [2.24, 2.45) is 0 Å². The third-order valence-electron chi connectivity index (χ3n) is 5.74. The number of para-hydroxylation sites is 1. The summed E-state index contributed by atoms with van der Waals surface area (Å²) in [5.41, 5.74) is 1.91. The summed E-state index contributed by atoms with van der Waals surface area (Å²) in [6, 6.07) is 12.2. The number of pyridine rings is 1. The minimum atomic E-state index is -3.74. The van der Waals surface area contributed by atoms with Gasteiger partial charge in [0.25, 0.3) is 5.91 Å². The zero-order chi connectivity index (χ0) is 24.3. The number of benzene rings is 2. The fraction of sp³-hybridized carbons (Fsp3) is 0.360. The molecule has 0 atom stereocenters. The Morgan fingerprint density at radius 2 is 1.68 bits per heavy atom. The molecule has 4 rings (SSSR count). The lowest BCUT2D eigenvalue weighted by Gasteiger charge is -2.34. The number of aryl methyl sites for hydroxylation is 1. The van der Waals surface area contributed by atoms with E-state index < -0.39 is 10.0 Å². The summed E-state index contributed by atoms with van der Waals surface area (Å²) in [6.45, 7) is 7.66. The van der Waals surface area contributed by atoms with Crippen molar-refractivity contribution in [1.29, 1.82) is 0 Å². The summed E-state index contributed by atoms with van der Waals surface area (Å²) in [6.07, 6.45) is 1.67. The van der Waals surface area contributed by atoms with E-state index in [-0.39, 0.29) is 23.9 Å². The Hall–Kier alpha value is -3.17. The number of hydrogen-bond acceptors (Lipinski definition) is 6. The molecule has 0 unspecified atom stereocenters. The summed E-state index contributed by atoms with van der Waals surface area (Å²) in [5, 5.41) is 0.787. The molecule has 0 N–H and O–H groups in total. The predicted octanol–water partition coefficient (Wildman–Crippen LogP) is 3.49. The third-order valence-corrected chi connectivity index (χ3v) is 7.67. The minimum Gasteiger partial charge on any atom is -0.490 e. The lowest BCUT2D eigenvalue weighted by Crippen LogP contribution is -2.50. The number of amides is 1. The number of ether oxygens (including phenoxy) is 2. The van der Waals surface area contributed by atoms with Gasteiger partial charge >= 0.3 is 0 Å². The monoisotopic (exact) mass is 483 g/mol. The van der Waals surface area contributed by atoms with Gasteiger partial charge in [0.1, 0.15) is 4.90 Å². The Morgan fingerprint density at radius 3 is 2.38 bits per heavy atom. The normalized spacial score (nSPS) is 14.9. The lowest BCUT2D eigenvalue weighted by atomic mass is 10.1. The number of carbonyl (C=O) groups is 1. The Bertz CT molecular complexity index is 1300. The zero-order valence-corrected chi connectivity index (χ0v) is 20.5. The Balaban J connectivity index is 1.50. The zero-order valence-electron chi connectivity index (χ0n) is 19.7. The molecule has 2 aromatic carbocycles. The van der Waals surface area contributed by atoms with Crippen LogP contribution in [-0.4, -0.2) is 67.9 Å². The van der Waals surface area contributed by atoms with Crippen LogP contribution in [0.2, 0.25) is 0 Å². The number of piperazine rings is 1. The first-order chi connectivity index (χ1) is 16.3. The molecule has 180 valence electrons. The van der Waals surface area contributed by atoms with Gasteiger partial charge in [-0.25, -0.2) is 8.42 Å². The van der Waals surface area contributed by atoms with E-state index in [2.05, 4.69) is 4.98 Å². The van der Waals surface area contributed by atoms with Gasteiger partial charge in [-0.1, -0.05) is 12.1 Å². The van der Waals surface area contributed by atoms with Crippen LogP contribution in [0.5, 0.6) is 11.5 Å². The Morgan fingerprint density at radius 1 is 0.971 bits per heavy atom. The molecule has 0 saturated carbocycles. The van der Waals surface area contributed by atoms with E-state index in [1.54, 1.807) is 41.4 Å². The molecule has 3 aromatic rings. The number of nitrogens with zero attached hydrogens (tertiary/aromatic N) is 3. The molecule has 8 nitrogen and oxygen atoms in total. The minimum absolute atomic E-state index is 0.164. The lowest BCUT2D eigenvalue weighted by molar-refractivity contribution is 0.0697. The summed E-state index contributed by atoms with van der Waals surface area (Å²) in [7, 11) is -3.74. The van der Waals surface area contributed by atoms with E-state index in [4.69, 9.17) is 9.47 Å². The summed E-state index contributed by atoms with van der Waals surface area (Å²) in [4.78, 5) is 19.3. The average molecular weight is 484 g/mol. The van der Waals surface area contributed by atoms with Crippen LogP contribution in [0.25, 0.3) is 10.9 Å². The van der Waals surface area contributed by atoms with Gasteiger partial charge in [0.2, 0.25) is 10.0 Å². The Labute approximate surface area is 200 Å². The van der Waals surface area contributed by atoms with Crippen LogP contribution in [0, 0.1) is 6.92 Å². The number of hydrogen-bond donors (Lipinski definition) is 0. The standard InChI is InChI=1S/C25H29N3O5S/c1-4-32-21-10-9-20(16-22(21)33-5-2)25(29)27-11-13-28(14-12-27)34(30,31)23-8-6-7-19-15-18(3)17-26-24(19)23/h6-10,15-17H,4-5,11-14H2,1-3H3. The number of sulfonamides is 1. The smallest absolute Gasteiger partial charge is 0.254 e. The highest BCUT2D eigenvalue weighted by Crippen LogP contribution is 2.30. The van der Waals surface area contributed by atoms with Crippen LogP contribution in [0.15, 0.2) is 53.6 Å². The molecule has 1 fully saturated rings. The van der Waals surface area contributed by atoms with Crippen LogP contribution in [0.1, 0.15) is 29.8 Å². The molecule has 1 aliphatic heterocycles. The van der Waals surface area contributed by atoms with Crippen molar-refractivity contribution in [3.8, 4) is 11.5 Å². The number of fused-ring (bicyclic) bond motifs is 1. The number of carbonyl (C=O) groups excluding carboxylic acids is 1. The highest BCUT2D eigenvalue weighted by molar-refractivity contribution is 7.89. The topological polar surface area (TPSA) is 89.0 Å². The predicted molar refractivity (Wildman–Crippen MR) is 130 cm³/mol. The van der Waals surface area contributed by atoms with Crippen molar-refractivity contribution in [3.05, 3.63) is 59.8 Å². The van der Waals surface area contributed by atoms with E-state index >= 15 is 0 Å². The van der Waals surface area contributed by atoms with Crippen LogP contribution in [0.4, 0.5) is 0 Å². The second-order valence-electron chi connectivity index (χ2n) is 8.06. The molecule has 9 heteroatoms. The van der Waals surface area contributed by atoms with Crippen LogP contribution < -0.4 is 9.47 Å². The summed E-state index contributed by atoms with van der Waals surface area (Å²) >= 11 is 0. The van der Waals surface area contributed by atoms with E-state index in [9.17, 15) is 13.2 Å². The quantitative estimate of drug-likeness (QED) is 0.511. The molecule has 0 spiro atoms. The van der Waals surface area contributed by atoms with Gasteiger partial charge in [0.15, 0.2) is 11.5 Å². The second kappa shape index (κ2) is 9.99. The number of aromatic nitrogens is 1. The molecule has 0 bridgehead atoms. The highest BCUT2D eigenvalue weighted by atomic mass is 32.2. The van der Waals surface area contributed by atoms with E-state index in [0.29, 0.717) is 48.9 Å². The molecule has 1 saturated heterocycles. The molecule has 0 aliphatic carbocycles. The molecule has 0 radical (unpaired) electrons. The fourth-order valence-electron chi connectivity index (χ4n) is 4.09. The summed E-state index contributed by atoms with van der Waals surface area (Å²) in [5.74, 6) is 0.953. The Kier molecular flexibility index (Phi) is 7.04.